The number of alkyl halides is 6. The molecule has 204 valence electrons. The highest BCUT2D eigenvalue weighted by molar-refractivity contribution is 7.09. The summed E-state index contributed by atoms with van der Waals surface area (Å²) in [5.41, 5.74) is -1.02. The van der Waals surface area contributed by atoms with E-state index in [-0.39, 0.29) is 29.9 Å². The predicted octanol–water partition coefficient (Wildman–Crippen LogP) is 4.96. The van der Waals surface area contributed by atoms with Crippen LogP contribution in [0, 0.1) is 6.92 Å². The third-order valence-electron chi connectivity index (χ3n) is 6.06. The summed E-state index contributed by atoms with van der Waals surface area (Å²) in [6, 6.07) is 3.08. The van der Waals surface area contributed by atoms with E-state index in [0.717, 1.165) is 28.0 Å². The van der Waals surface area contributed by atoms with Crippen LogP contribution in [0.4, 0.5) is 32.2 Å². The summed E-state index contributed by atoms with van der Waals surface area (Å²) in [5, 5.41) is 11.7. The minimum atomic E-state index is -4.57. The van der Waals surface area contributed by atoms with Crippen molar-refractivity contribution in [1.82, 2.24) is 24.6 Å². The smallest absolute Gasteiger partial charge is 0.341 e. The van der Waals surface area contributed by atoms with Crippen molar-refractivity contribution in [2.45, 2.75) is 44.6 Å². The van der Waals surface area contributed by atoms with Crippen molar-refractivity contribution >= 4 is 29.3 Å². The Bertz CT molecular complexity index is 1290. The lowest BCUT2D eigenvalue weighted by Crippen LogP contribution is -2.40. The fourth-order valence-corrected chi connectivity index (χ4v) is 4.85. The van der Waals surface area contributed by atoms with Gasteiger partial charge in [-0.1, -0.05) is 0 Å². The molecule has 1 fully saturated rings. The van der Waals surface area contributed by atoms with Gasteiger partial charge in [0, 0.05) is 43.3 Å². The molecule has 1 saturated heterocycles. The van der Waals surface area contributed by atoms with Gasteiger partial charge < -0.3 is 4.90 Å². The topological polar surface area (TPSA) is 79.5 Å². The molecule has 4 heterocycles. The molecule has 0 unspecified atom stereocenters. The Morgan fingerprint density at radius 3 is 2.47 bits per heavy atom. The monoisotopic (exact) mass is 559 g/mol. The molecule has 1 aliphatic heterocycles. The van der Waals surface area contributed by atoms with Gasteiger partial charge in [-0.15, -0.1) is 11.3 Å². The SMILES string of the molecule is Cc1cc(C(F)(F)F)nn1CC(=O)N1CCC(c2nc(/C=N/N(C)c3ccc(C(F)(F)F)cn3)cs2)CC1. The highest BCUT2D eigenvalue weighted by atomic mass is 32.1. The molecule has 3 aromatic heterocycles. The summed E-state index contributed by atoms with van der Waals surface area (Å²) in [4.78, 5) is 22.6. The van der Waals surface area contributed by atoms with Crippen molar-refractivity contribution in [2.24, 2.45) is 5.10 Å². The molecule has 0 bridgehead atoms. The quantitative estimate of drug-likeness (QED) is 0.243. The van der Waals surface area contributed by atoms with E-state index in [9.17, 15) is 31.1 Å². The van der Waals surface area contributed by atoms with Gasteiger partial charge in [-0.2, -0.15) is 36.5 Å². The van der Waals surface area contributed by atoms with Crippen LogP contribution < -0.4 is 5.01 Å². The molecule has 1 aliphatic rings. The number of piperidine rings is 1. The Kier molecular flexibility index (Phi) is 7.76. The van der Waals surface area contributed by atoms with Crippen molar-refractivity contribution < 1.29 is 31.1 Å². The van der Waals surface area contributed by atoms with Gasteiger partial charge in [0.1, 0.15) is 12.4 Å². The van der Waals surface area contributed by atoms with Crippen molar-refractivity contribution in [3.05, 3.63) is 57.4 Å². The maximum absolute atomic E-state index is 12.9. The van der Waals surface area contributed by atoms with Crippen LogP contribution in [0.3, 0.4) is 0 Å². The lowest BCUT2D eigenvalue weighted by molar-refractivity contribution is -0.142. The van der Waals surface area contributed by atoms with Crippen LogP contribution >= 0.6 is 11.3 Å². The van der Waals surface area contributed by atoms with Crippen LogP contribution in [0.5, 0.6) is 0 Å². The molecule has 0 atom stereocenters. The first-order chi connectivity index (χ1) is 17.8. The lowest BCUT2D eigenvalue weighted by Gasteiger charge is -2.31. The van der Waals surface area contributed by atoms with E-state index in [0.29, 0.717) is 31.6 Å². The molecule has 1 amide bonds. The van der Waals surface area contributed by atoms with Gasteiger partial charge in [0.25, 0.3) is 0 Å². The number of hydrogen-bond acceptors (Lipinski definition) is 7. The van der Waals surface area contributed by atoms with E-state index < -0.39 is 23.6 Å². The number of hydrazone groups is 1. The minimum absolute atomic E-state index is 0.115. The van der Waals surface area contributed by atoms with Crippen LogP contribution in [0.1, 0.15) is 46.4 Å². The van der Waals surface area contributed by atoms with E-state index in [1.54, 1.807) is 11.9 Å². The zero-order chi connectivity index (χ0) is 27.7. The normalized spacial score (nSPS) is 15.4. The Labute approximate surface area is 217 Å². The molecule has 0 aromatic carbocycles. The highest BCUT2D eigenvalue weighted by Crippen LogP contribution is 2.32. The second-order valence-corrected chi connectivity index (χ2v) is 9.65. The van der Waals surface area contributed by atoms with Crippen molar-refractivity contribution in [3.63, 3.8) is 0 Å². The first-order valence-corrected chi connectivity index (χ1v) is 12.3. The molecule has 4 rings (SSSR count). The molecule has 3 aromatic rings. The number of aromatic nitrogens is 4. The number of pyridine rings is 1. The van der Waals surface area contributed by atoms with Gasteiger partial charge in [0.2, 0.25) is 5.91 Å². The molecule has 38 heavy (non-hydrogen) atoms. The summed E-state index contributed by atoms with van der Waals surface area (Å²) in [6.45, 7) is 2.11. The predicted molar refractivity (Wildman–Crippen MR) is 128 cm³/mol. The van der Waals surface area contributed by atoms with Crippen molar-refractivity contribution in [1.29, 1.82) is 0 Å². The van der Waals surface area contributed by atoms with Gasteiger partial charge in [0.05, 0.1) is 22.5 Å². The number of thiazole rings is 1. The van der Waals surface area contributed by atoms with Gasteiger partial charge in [-0.25, -0.2) is 9.97 Å². The molecule has 15 heteroatoms. The van der Waals surface area contributed by atoms with Crippen LogP contribution in [-0.2, 0) is 23.7 Å². The lowest BCUT2D eigenvalue weighted by atomic mass is 9.97. The molecule has 0 aliphatic carbocycles. The van der Waals surface area contributed by atoms with E-state index in [1.807, 2.05) is 5.38 Å². The number of nitrogens with zero attached hydrogens (tertiary/aromatic N) is 7. The summed E-state index contributed by atoms with van der Waals surface area (Å²) >= 11 is 1.44. The molecular formula is C23H23F6N7OS. The molecule has 0 saturated carbocycles. The second kappa shape index (κ2) is 10.7. The zero-order valence-corrected chi connectivity index (χ0v) is 21.1. The first kappa shape index (κ1) is 27.5. The van der Waals surface area contributed by atoms with Gasteiger partial charge in [0.15, 0.2) is 5.69 Å². The number of likely N-dealkylation sites (tertiary alicyclic amines) is 1. The largest absolute Gasteiger partial charge is 0.435 e. The number of carbonyl (C=O) groups is 1. The third kappa shape index (κ3) is 6.49. The molecule has 0 spiro atoms. The maximum atomic E-state index is 12.9. The Morgan fingerprint density at radius 2 is 1.89 bits per heavy atom. The summed E-state index contributed by atoms with van der Waals surface area (Å²) in [7, 11) is 1.56. The third-order valence-corrected chi connectivity index (χ3v) is 7.09. The van der Waals surface area contributed by atoms with Crippen molar-refractivity contribution in [2.75, 3.05) is 25.1 Å². The number of aryl methyl sites for hydroxylation is 1. The standard InChI is InChI=1S/C23H23F6N7OS/c1-14-9-18(23(27,28)29)33-36(14)12-20(37)35-7-5-15(6-8-35)21-32-17(13-38-21)11-31-34(2)19-4-3-16(10-30-19)22(24,25)26/h3-4,9-11,13,15H,5-8,12H2,1-2H3/b31-11+. The fraction of sp³-hybridized carbons (Fsp3) is 0.435. The van der Waals surface area contributed by atoms with Gasteiger partial charge >= 0.3 is 12.4 Å². The molecule has 0 radical (unpaired) electrons. The number of rotatable bonds is 6. The second-order valence-electron chi connectivity index (χ2n) is 8.76. The average molecular weight is 560 g/mol. The van der Waals surface area contributed by atoms with Gasteiger partial charge in [-0.3, -0.25) is 14.5 Å². The molecule has 0 N–H and O–H groups in total. The minimum Gasteiger partial charge on any atom is -0.341 e. The maximum Gasteiger partial charge on any atom is 0.435 e. The fourth-order valence-electron chi connectivity index (χ4n) is 3.91. The zero-order valence-electron chi connectivity index (χ0n) is 20.3. The van der Waals surface area contributed by atoms with E-state index >= 15 is 0 Å². The molecule has 8 nitrogen and oxygen atoms in total. The highest BCUT2D eigenvalue weighted by Gasteiger charge is 2.35. The first-order valence-electron chi connectivity index (χ1n) is 11.5. The van der Waals surface area contributed by atoms with E-state index in [1.165, 1.54) is 35.6 Å². The number of carbonyl (C=O) groups excluding carboxylic acids is 1. The van der Waals surface area contributed by atoms with Crippen LogP contribution in [-0.4, -0.2) is 56.9 Å². The summed E-state index contributed by atoms with van der Waals surface area (Å²) in [5.74, 6) is 0.0562. The number of amides is 1. The average Bonchev–Trinajstić information content (AvgIpc) is 3.49. The number of hydrogen-bond donors (Lipinski definition) is 0. The summed E-state index contributed by atoms with van der Waals surface area (Å²) < 4.78 is 77.8. The number of anilines is 1. The van der Waals surface area contributed by atoms with E-state index in [2.05, 4.69) is 20.2 Å². The Morgan fingerprint density at radius 1 is 1.18 bits per heavy atom. The van der Waals surface area contributed by atoms with Crippen molar-refractivity contribution in [3.8, 4) is 0 Å². The van der Waals surface area contributed by atoms with E-state index in [4.69, 9.17) is 0 Å². The van der Waals surface area contributed by atoms with Crippen LogP contribution in [0.15, 0.2) is 34.9 Å². The van der Waals surface area contributed by atoms with Gasteiger partial charge in [-0.05, 0) is 38.0 Å². The van der Waals surface area contributed by atoms with Crippen LogP contribution in [0.2, 0.25) is 0 Å². The Hall–Kier alpha value is -3.49. The van der Waals surface area contributed by atoms with Crippen LogP contribution in [0.25, 0.3) is 0 Å². The number of halogens is 6. The summed E-state index contributed by atoms with van der Waals surface area (Å²) in [6.07, 6.45) is -5.50. The molecular weight excluding hydrogens is 536 g/mol. The Balaban J connectivity index is 1.30.